The minimum absolute atomic E-state index is 0.285. The summed E-state index contributed by atoms with van der Waals surface area (Å²) in [6.45, 7) is 4.23. The molecule has 4 rings (SSSR count). The third-order valence-electron chi connectivity index (χ3n) is 5.80. The summed E-state index contributed by atoms with van der Waals surface area (Å²) in [6.07, 6.45) is 4.43. The van der Waals surface area contributed by atoms with Crippen molar-refractivity contribution < 1.29 is 9.21 Å². The Labute approximate surface area is 154 Å². The lowest BCUT2D eigenvalue weighted by Gasteiger charge is -2.47. The molecule has 2 unspecified atom stereocenters. The summed E-state index contributed by atoms with van der Waals surface area (Å²) in [7, 11) is 0. The Balaban J connectivity index is 1.47. The van der Waals surface area contributed by atoms with Crippen LogP contribution in [0.15, 0.2) is 47.1 Å². The summed E-state index contributed by atoms with van der Waals surface area (Å²) in [5, 5.41) is 0. The van der Waals surface area contributed by atoms with Gasteiger partial charge in [0.15, 0.2) is 0 Å². The number of fused-ring (bicyclic) bond motifs is 1. The molecule has 138 valence electrons. The molecule has 0 aliphatic carbocycles. The maximum atomic E-state index is 12.2. The molecule has 2 aromatic rings. The molecule has 2 aliphatic heterocycles. The van der Waals surface area contributed by atoms with Gasteiger partial charge in [0.05, 0.1) is 6.26 Å². The van der Waals surface area contributed by atoms with Crippen LogP contribution in [0.25, 0.3) is 11.3 Å². The third-order valence-corrected chi connectivity index (χ3v) is 5.80. The molecule has 26 heavy (non-hydrogen) atoms. The minimum atomic E-state index is 0.285. The van der Waals surface area contributed by atoms with Gasteiger partial charge in [0, 0.05) is 50.7 Å². The van der Waals surface area contributed by atoms with Gasteiger partial charge in [-0.15, -0.1) is 0 Å². The van der Waals surface area contributed by atoms with E-state index < -0.39 is 0 Å². The van der Waals surface area contributed by atoms with Gasteiger partial charge in [0.25, 0.3) is 0 Å². The van der Waals surface area contributed by atoms with E-state index in [0.29, 0.717) is 31.5 Å². The summed E-state index contributed by atoms with van der Waals surface area (Å²) in [5.41, 5.74) is 8.19. The van der Waals surface area contributed by atoms with Gasteiger partial charge in [0.2, 0.25) is 5.91 Å². The SMILES string of the molecule is NCCN1C(=O)CCC2CN(Cc3ccccc3-c3ccco3)CCC21. The average Bonchev–Trinajstić information content (AvgIpc) is 3.19. The van der Waals surface area contributed by atoms with Crippen molar-refractivity contribution in [2.45, 2.75) is 31.8 Å². The highest BCUT2D eigenvalue weighted by Gasteiger charge is 2.38. The molecule has 2 N–H and O–H groups in total. The van der Waals surface area contributed by atoms with E-state index in [-0.39, 0.29) is 5.91 Å². The first kappa shape index (κ1) is 17.3. The van der Waals surface area contributed by atoms with Crippen LogP contribution in [0.2, 0.25) is 0 Å². The predicted octanol–water partition coefficient (Wildman–Crippen LogP) is 2.72. The Hall–Kier alpha value is -2.11. The topological polar surface area (TPSA) is 62.7 Å². The molecule has 0 radical (unpaired) electrons. The zero-order chi connectivity index (χ0) is 17.9. The number of piperidine rings is 2. The number of nitrogens with two attached hydrogens (primary N) is 1. The van der Waals surface area contributed by atoms with Crippen LogP contribution < -0.4 is 5.73 Å². The fraction of sp³-hybridized carbons (Fsp3) is 0.476. The monoisotopic (exact) mass is 353 g/mol. The molecular formula is C21H27N3O2. The number of benzene rings is 1. The molecule has 2 atom stereocenters. The standard InChI is InChI=1S/C21H27N3O2/c22-10-12-24-19-9-11-23(15-17(19)7-8-21(24)25)14-16-4-1-2-5-18(16)20-6-3-13-26-20/h1-6,13,17,19H,7-12,14-15,22H2. The fourth-order valence-electron chi connectivity index (χ4n) is 4.57. The Morgan fingerprint density at radius 1 is 1.15 bits per heavy atom. The van der Waals surface area contributed by atoms with Crippen LogP contribution in [0.1, 0.15) is 24.8 Å². The molecule has 2 saturated heterocycles. The second-order valence-corrected chi connectivity index (χ2v) is 7.40. The summed E-state index contributed by atoms with van der Waals surface area (Å²) in [6, 6.07) is 12.8. The van der Waals surface area contributed by atoms with Gasteiger partial charge in [-0.3, -0.25) is 9.69 Å². The molecular weight excluding hydrogens is 326 g/mol. The smallest absolute Gasteiger partial charge is 0.222 e. The predicted molar refractivity (Wildman–Crippen MR) is 101 cm³/mol. The van der Waals surface area contributed by atoms with Crippen molar-refractivity contribution in [3.63, 3.8) is 0 Å². The fourth-order valence-corrected chi connectivity index (χ4v) is 4.57. The van der Waals surface area contributed by atoms with Gasteiger partial charge in [-0.05, 0) is 36.5 Å². The maximum Gasteiger partial charge on any atom is 0.222 e. The summed E-state index contributed by atoms with van der Waals surface area (Å²) in [4.78, 5) is 16.8. The summed E-state index contributed by atoms with van der Waals surface area (Å²) >= 11 is 0. The highest BCUT2D eigenvalue weighted by Crippen LogP contribution is 2.33. The first-order valence-electron chi connectivity index (χ1n) is 9.60. The second kappa shape index (κ2) is 7.64. The van der Waals surface area contributed by atoms with E-state index >= 15 is 0 Å². The quantitative estimate of drug-likeness (QED) is 0.898. The number of amides is 1. The first-order chi connectivity index (χ1) is 12.8. The molecule has 1 aromatic carbocycles. The largest absolute Gasteiger partial charge is 0.464 e. The first-order valence-corrected chi connectivity index (χ1v) is 9.60. The number of carbonyl (C=O) groups is 1. The van der Waals surface area contributed by atoms with Gasteiger partial charge in [-0.2, -0.15) is 0 Å². The van der Waals surface area contributed by atoms with E-state index in [1.165, 1.54) is 11.1 Å². The average molecular weight is 353 g/mol. The third kappa shape index (κ3) is 3.41. The van der Waals surface area contributed by atoms with E-state index in [2.05, 4.69) is 29.2 Å². The Bertz CT molecular complexity index is 743. The van der Waals surface area contributed by atoms with Crippen LogP contribution in [0, 0.1) is 5.92 Å². The van der Waals surface area contributed by atoms with Crippen molar-refractivity contribution in [2.75, 3.05) is 26.2 Å². The molecule has 2 aliphatic rings. The van der Waals surface area contributed by atoms with Gasteiger partial charge >= 0.3 is 0 Å². The molecule has 3 heterocycles. The summed E-state index contributed by atoms with van der Waals surface area (Å²) < 4.78 is 5.61. The van der Waals surface area contributed by atoms with Gasteiger partial charge in [-0.1, -0.05) is 24.3 Å². The molecule has 1 amide bonds. The van der Waals surface area contributed by atoms with Crippen LogP contribution in [0.5, 0.6) is 0 Å². The number of hydrogen-bond acceptors (Lipinski definition) is 4. The second-order valence-electron chi connectivity index (χ2n) is 7.40. The van der Waals surface area contributed by atoms with Gasteiger partial charge < -0.3 is 15.1 Å². The van der Waals surface area contributed by atoms with Crippen molar-refractivity contribution in [3.8, 4) is 11.3 Å². The number of likely N-dealkylation sites (tertiary alicyclic amines) is 2. The molecule has 2 fully saturated rings. The van der Waals surface area contributed by atoms with E-state index in [1.807, 2.05) is 17.0 Å². The van der Waals surface area contributed by atoms with Crippen LogP contribution >= 0.6 is 0 Å². The zero-order valence-electron chi connectivity index (χ0n) is 15.1. The number of furan rings is 1. The number of carbonyl (C=O) groups excluding carboxylic acids is 1. The van der Waals surface area contributed by atoms with Crippen molar-refractivity contribution >= 4 is 5.91 Å². The maximum absolute atomic E-state index is 12.2. The Morgan fingerprint density at radius 2 is 2.04 bits per heavy atom. The molecule has 5 nitrogen and oxygen atoms in total. The Kier molecular flexibility index (Phi) is 5.09. The van der Waals surface area contributed by atoms with E-state index in [1.54, 1.807) is 6.26 Å². The van der Waals surface area contributed by atoms with Gasteiger partial charge in [-0.25, -0.2) is 0 Å². The normalized spacial score (nSPS) is 23.9. The van der Waals surface area contributed by atoms with E-state index in [4.69, 9.17) is 10.2 Å². The molecule has 5 heteroatoms. The van der Waals surface area contributed by atoms with E-state index in [0.717, 1.165) is 38.2 Å². The number of rotatable bonds is 5. The Morgan fingerprint density at radius 3 is 2.85 bits per heavy atom. The lowest BCUT2D eigenvalue weighted by molar-refractivity contribution is -0.140. The van der Waals surface area contributed by atoms with Crippen LogP contribution in [0.4, 0.5) is 0 Å². The van der Waals surface area contributed by atoms with Crippen molar-refractivity contribution in [2.24, 2.45) is 11.7 Å². The molecule has 0 saturated carbocycles. The highest BCUT2D eigenvalue weighted by atomic mass is 16.3. The highest BCUT2D eigenvalue weighted by molar-refractivity contribution is 5.77. The van der Waals surface area contributed by atoms with E-state index in [9.17, 15) is 4.79 Å². The van der Waals surface area contributed by atoms with Crippen LogP contribution in [0.3, 0.4) is 0 Å². The minimum Gasteiger partial charge on any atom is -0.464 e. The molecule has 0 spiro atoms. The summed E-state index contributed by atoms with van der Waals surface area (Å²) in [5.74, 6) is 1.77. The van der Waals surface area contributed by atoms with Crippen LogP contribution in [-0.2, 0) is 11.3 Å². The van der Waals surface area contributed by atoms with Crippen LogP contribution in [-0.4, -0.2) is 47.9 Å². The van der Waals surface area contributed by atoms with Crippen molar-refractivity contribution in [3.05, 3.63) is 48.2 Å². The number of nitrogens with zero attached hydrogens (tertiary/aromatic N) is 2. The molecule has 0 bridgehead atoms. The van der Waals surface area contributed by atoms with Crippen molar-refractivity contribution in [1.82, 2.24) is 9.80 Å². The van der Waals surface area contributed by atoms with Crippen molar-refractivity contribution in [1.29, 1.82) is 0 Å². The lowest BCUT2D eigenvalue weighted by atomic mass is 9.83. The molecule has 1 aromatic heterocycles. The van der Waals surface area contributed by atoms with Gasteiger partial charge in [0.1, 0.15) is 5.76 Å². The zero-order valence-corrected chi connectivity index (χ0v) is 15.1. The lowest BCUT2D eigenvalue weighted by Crippen LogP contribution is -2.56. The number of hydrogen-bond donors (Lipinski definition) is 1.